The minimum absolute atomic E-state index is 0.402. The van der Waals surface area contributed by atoms with Crippen LogP contribution in [0.3, 0.4) is 0 Å². The normalized spacial score (nSPS) is 17.7. The van der Waals surface area contributed by atoms with Crippen molar-refractivity contribution >= 4 is 56.2 Å². The molecule has 2 aliphatic carbocycles. The van der Waals surface area contributed by atoms with Crippen molar-refractivity contribution in [3.63, 3.8) is 0 Å². The van der Waals surface area contributed by atoms with Crippen molar-refractivity contribution in [3.05, 3.63) is 0 Å². The summed E-state index contributed by atoms with van der Waals surface area (Å²) in [5.41, 5.74) is 2.57. The van der Waals surface area contributed by atoms with Gasteiger partial charge in [0.1, 0.15) is 0 Å². The van der Waals surface area contributed by atoms with Crippen LogP contribution in [-0.2, 0) is 14.8 Å². The first-order chi connectivity index (χ1) is 10.2. The topological polar surface area (TPSA) is 81.8 Å². The van der Waals surface area contributed by atoms with Crippen LogP contribution in [0.5, 0.6) is 0 Å². The molecule has 124 valence electrons. The molecule has 22 heavy (non-hydrogen) atoms. The Kier molecular flexibility index (Phi) is 5.85. The van der Waals surface area contributed by atoms with Crippen LogP contribution >= 0.6 is 0 Å². The van der Waals surface area contributed by atoms with Gasteiger partial charge in [-0.25, -0.2) is 0 Å². The number of hydrogen-bond acceptors (Lipinski definition) is 5. The van der Waals surface area contributed by atoms with Crippen LogP contribution in [0.4, 0.5) is 0 Å². The van der Waals surface area contributed by atoms with E-state index in [1.807, 2.05) is 0 Å². The molecule has 0 radical (unpaired) electrons. The van der Waals surface area contributed by atoms with Gasteiger partial charge >= 0.3 is 147 Å². The van der Waals surface area contributed by atoms with E-state index in [0.29, 0.717) is 11.8 Å². The number of sulfonamides is 1. The second-order valence-corrected chi connectivity index (χ2v) is 9.18. The van der Waals surface area contributed by atoms with E-state index >= 15 is 0 Å². The molecule has 1 amide bonds. The van der Waals surface area contributed by atoms with Crippen molar-refractivity contribution in [1.82, 2.24) is 20.3 Å². The molecule has 0 spiro atoms. The molecule has 2 saturated carbocycles. The molecule has 0 aliphatic heterocycles. The third kappa shape index (κ3) is 5.44. The fraction of sp³-hybridized carbons (Fsp3) is 0.750. The Hall–Kier alpha value is -0.241. The molecule has 7 nitrogen and oxygen atoms in total. The molecule has 0 aromatic heterocycles. The number of amides is 1. The number of hydrazine groups is 2. The van der Waals surface area contributed by atoms with E-state index in [-0.39, 0.29) is 0 Å². The van der Waals surface area contributed by atoms with Gasteiger partial charge in [-0.1, -0.05) is 0 Å². The van der Waals surface area contributed by atoms with E-state index in [2.05, 4.69) is 41.4 Å². The monoisotopic (exact) mass is 460 g/mol. The van der Waals surface area contributed by atoms with Gasteiger partial charge in [0.25, 0.3) is 0 Å². The summed E-state index contributed by atoms with van der Waals surface area (Å²) in [5, 5.41) is 3.01. The van der Waals surface area contributed by atoms with Crippen molar-refractivity contribution in [3.8, 4) is 0 Å². The Balaban J connectivity index is 1.80. The molecule has 0 aromatic rings. The van der Waals surface area contributed by atoms with Crippen LogP contribution in [0.25, 0.3) is 0 Å². The summed E-state index contributed by atoms with van der Waals surface area (Å²) >= 11 is 5.80. The fourth-order valence-corrected chi connectivity index (χ4v) is 4.24. The molecule has 2 N–H and O–H groups in total. The Bertz CT molecular complexity index is 587. The molecule has 0 unspecified atom stereocenters. The SMILES string of the molecule is CN(NC(=O)CS(=O)(=O)NN(C)C(=[Se])C1CC1)C(=[Se])C1CC1. The molecule has 2 rings (SSSR count). The van der Waals surface area contributed by atoms with Gasteiger partial charge in [0.05, 0.1) is 0 Å². The minimum atomic E-state index is -3.73. The van der Waals surface area contributed by atoms with Crippen molar-refractivity contribution < 1.29 is 13.2 Å². The van der Waals surface area contributed by atoms with Crippen LogP contribution in [0.2, 0.25) is 0 Å². The Morgan fingerprint density at radius 1 is 1.05 bits per heavy atom. The summed E-state index contributed by atoms with van der Waals surface area (Å²) in [6.07, 6.45) is 4.32. The number of hydrogen-bond donors (Lipinski definition) is 2. The Morgan fingerprint density at radius 2 is 1.50 bits per heavy atom. The van der Waals surface area contributed by atoms with Crippen molar-refractivity contribution in [2.45, 2.75) is 25.7 Å². The molecular formula is C12H20N4O3SSe2. The number of rotatable bonds is 9. The molecule has 0 bridgehead atoms. The van der Waals surface area contributed by atoms with E-state index in [1.165, 1.54) is 5.01 Å². The molecule has 2 fully saturated rings. The van der Waals surface area contributed by atoms with Crippen LogP contribution in [-0.4, -0.2) is 84.4 Å². The van der Waals surface area contributed by atoms with Gasteiger partial charge < -0.3 is 0 Å². The predicted octanol–water partition coefficient (Wildman–Crippen LogP) is -1.87. The van der Waals surface area contributed by atoms with Crippen LogP contribution in [0, 0.1) is 11.8 Å². The molecule has 0 atom stereocenters. The van der Waals surface area contributed by atoms with Crippen LogP contribution < -0.4 is 10.3 Å². The van der Waals surface area contributed by atoms with Crippen LogP contribution in [0.15, 0.2) is 0 Å². The predicted molar refractivity (Wildman–Crippen MR) is 87.6 cm³/mol. The molecule has 2 aliphatic rings. The van der Waals surface area contributed by atoms with E-state index in [0.717, 1.165) is 34.8 Å². The number of nitrogens with zero attached hydrogens (tertiary/aromatic N) is 2. The fourth-order valence-electron chi connectivity index (χ4n) is 1.94. The van der Waals surface area contributed by atoms with Gasteiger partial charge in [-0.15, -0.1) is 0 Å². The average molecular weight is 458 g/mol. The molecule has 10 heteroatoms. The summed E-state index contributed by atoms with van der Waals surface area (Å²) in [6, 6.07) is 0. The first kappa shape index (κ1) is 18.1. The van der Waals surface area contributed by atoms with Gasteiger partial charge in [0.15, 0.2) is 0 Å². The third-order valence-electron chi connectivity index (χ3n) is 3.40. The zero-order valence-electron chi connectivity index (χ0n) is 12.5. The van der Waals surface area contributed by atoms with Crippen LogP contribution in [0.1, 0.15) is 25.7 Å². The number of carbonyl (C=O) groups is 1. The van der Waals surface area contributed by atoms with Gasteiger partial charge in [-0.05, 0) is 0 Å². The van der Waals surface area contributed by atoms with E-state index in [9.17, 15) is 13.2 Å². The molecule has 0 saturated heterocycles. The molecular weight excluding hydrogens is 438 g/mol. The molecule has 0 aromatic carbocycles. The average Bonchev–Trinajstić information content (AvgIpc) is 3.27. The van der Waals surface area contributed by atoms with E-state index in [4.69, 9.17) is 0 Å². The maximum absolute atomic E-state index is 12.0. The second-order valence-electron chi connectivity index (χ2n) is 5.73. The zero-order valence-corrected chi connectivity index (χ0v) is 16.8. The first-order valence-corrected chi connectivity index (χ1v) is 10.4. The second kappa shape index (κ2) is 7.11. The standard InChI is InChI=1S/C12H20N4O3SSe2/c1-15(11(21)8-3-4-8)13-10(17)7-20(18,19)14-16(2)12(22)9-5-6-9/h8-9,14H,3-7H2,1-2H3,(H,13,17). The molecule has 0 heterocycles. The van der Waals surface area contributed by atoms with E-state index < -0.39 is 21.7 Å². The van der Waals surface area contributed by atoms with Gasteiger partial charge in [-0.3, -0.25) is 0 Å². The zero-order chi connectivity index (χ0) is 16.5. The van der Waals surface area contributed by atoms with Crippen molar-refractivity contribution in [2.24, 2.45) is 11.8 Å². The van der Waals surface area contributed by atoms with Gasteiger partial charge in [0, 0.05) is 0 Å². The van der Waals surface area contributed by atoms with Gasteiger partial charge in [-0.2, -0.15) is 0 Å². The summed E-state index contributed by atoms with van der Waals surface area (Å²) < 4.78 is 25.8. The Labute approximate surface area is 146 Å². The van der Waals surface area contributed by atoms with Crippen molar-refractivity contribution in [1.29, 1.82) is 0 Å². The first-order valence-electron chi connectivity index (χ1n) is 7.04. The quantitative estimate of drug-likeness (QED) is 0.313. The Morgan fingerprint density at radius 3 is 1.95 bits per heavy atom. The summed E-state index contributed by atoms with van der Waals surface area (Å²) in [6.45, 7) is 0. The summed E-state index contributed by atoms with van der Waals surface area (Å²) in [5.74, 6) is -0.321. The summed E-state index contributed by atoms with van der Waals surface area (Å²) in [4.78, 5) is 14.3. The van der Waals surface area contributed by atoms with Gasteiger partial charge in [0.2, 0.25) is 0 Å². The third-order valence-corrected chi connectivity index (χ3v) is 7.15. The van der Waals surface area contributed by atoms with Crippen molar-refractivity contribution in [2.75, 3.05) is 19.8 Å². The number of carbonyl (C=O) groups excluding carboxylic acids is 1. The summed E-state index contributed by atoms with van der Waals surface area (Å²) in [7, 11) is -0.397. The maximum atomic E-state index is 12.0. The number of nitrogens with one attached hydrogen (secondary N) is 2. The van der Waals surface area contributed by atoms with E-state index in [1.54, 1.807) is 19.1 Å².